The molecule has 0 saturated heterocycles. The van der Waals surface area contributed by atoms with Crippen LogP contribution in [0, 0.1) is 0 Å². The van der Waals surface area contributed by atoms with Gasteiger partial charge in [-0.25, -0.2) is 0 Å². The van der Waals surface area contributed by atoms with Crippen molar-refractivity contribution in [2.75, 3.05) is 13.7 Å². The number of hydrogen-bond donors (Lipinski definition) is 3. The van der Waals surface area contributed by atoms with Gasteiger partial charge in [0.1, 0.15) is 17.1 Å². The summed E-state index contributed by atoms with van der Waals surface area (Å²) in [5.74, 6) is -0.268. The van der Waals surface area contributed by atoms with Crippen molar-refractivity contribution in [2.24, 2.45) is 0 Å². The average molecular weight is 358 g/mol. The van der Waals surface area contributed by atoms with Crippen LogP contribution in [0.5, 0.6) is 5.75 Å². The minimum Gasteiger partial charge on any atom is -0.497 e. The minimum atomic E-state index is -1.20. The average Bonchev–Trinajstić information content (AvgIpc) is 3.17. The summed E-state index contributed by atoms with van der Waals surface area (Å²) in [6.45, 7) is 0.103. The Balaban J connectivity index is 1.60. The summed E-state index contributed by atoms with van der Waals surface area (Å²) in [4.78, 5) is 23.9. The van der Waals surface area contributed by atoms with Gasteiger partial charge in [-0.2, -0.15) is 0 Å². The Labute approximate surface area is 151 Å². The summed E-state index contributed by atoms with van der Waals surface area (Å²) in [7, 11) is 1.60. The van der Waals surface area contributed by atoms with Gasteiger partial charge in [-0.05, 0) is 54.7 Å². The van der Waals surface area contributed by atoms with Crippen molar-refractivity contribution in [3.63, 3.8) is 0 Å². The van der Waals surface area contributed by atoms with E-state index >= 15 is 0 Å². The lowest BCUT2D eigenvalue weighted by Gasteiger charge is -2.34. The zero-order chi connectivity index (χ0) is 18.6. The molecule has 2 amide bonds. The summed E-state index contributed by atoms with van der Waals surface area (Å²) in [5.41, 5.74) is 0.562. The summed E-state index contributed by atoms with van der Waals surface area (Å²) >= 11 is 0. The number of methoxy groups -OCH3 is 1. The van der Waals surface area contributed by atoms with E-state index in [1.165, 1.54) is 6.26 Å². The molecule has 138 valence electrons. The fourth-order valence-electron chi connectivity index (χ4n) is 3.22. The first-order valence-electron chi connectivity index (χ1n) is 8.50. The molecule has 7 nitrogen and oxygen atoms in total. The third-order valence-electron chi connectivity index (χ3n) is 4.60. The Bertz CT molecular complexity index is 787. The van der Waals surface area contributed by atoms with Crippen LogP contribution in [0.1, 0.15) is 29.7 Å². The molecular formula is C19H22N2O5. The van der Waals surface area contributed by atoms with Gasteiger partial charge in [-0.15, -0.1) is 0 Å². The van der Waals surface area contributed by atoms with E-state index in [9.17, 15) is 14.7 Å². The van der Waals surface area contributed by atoms with Gasteiger partial charge in [0.2, 0.25) is 0 Å². The van der Waals surface area contributed by atoms with E-state index in [4.69, 9.17) is 9.15 Å². The maximum Gasteiger partial charge on any atom is 0.309 e. The summed E-state index contributed by atoms with van der Waals surface area (Å²) < 4.78 is 10.3. The van der Waals surface area contributed by atoms with Crippen molar-refractivity contribution >= 4 is 11.8 Å². The number of aryl methyl sites for hydroxylation is 1. The molecule has 2 aromatic rings. The molecule has 0 spiro atoms. The lowest BCUT2D eigenvalue weighted by Crippen LogP contribution is -2.47. The second-order valence-corrected chi connectivity index (χ2v) is 6.35. The normalized spacial score (nSPS) is 18.7. The van der Waals surface area contributed by atoms with Crippen LogP contribution in [0.2, 0.25) is 0 Å². The van der Waals surface area contributed by atoms with Crippen molar-refractivity contribution in [3.05, 3.63) is 53.5 Å². The van der Waals surface area contributed by atoms with Crippen LogP contribution in [-0.4, -0.2) is 30.6 Å². The van der Waals surface area contributed by atoms with Crippen LogP contribution >= 0.6 is 0 Å². The van der Waals surface area contributed by atoms with Crippen LogP contribution in [0.4, 0.5) is 0 Å². The van der Waals surface area contributed by atoms with E-state index in [-0.39, 0.29) is 13.1 Å². The smallest absolute Gasteiger partial charge is 0.309 e. The van der Waals surface area contributed by atoms with E-state index < -0.39 is 17.4 Å². The molecule has 3 rings (SSSR count). The number of rotatable bonds is 5. The predicted octanol–water partition coefficient (Wildman–Crippen LogP) is 1.24. The van der Waals surface area contributed by atoms with Gasteiger partial charge in [0, 0.05) is 0 Å². The van der Waals surface area contributed by atoms with Crippen LogP contribution in [0.3, 0.4) is 0 Å². The maximum absolute atomic E-state index is 12.0. The summed E-state index contributed by atoms with van der Waals surface area (Å²) in [6.07, 6.45) is 3.64. The number of benzene rings is 1. The highest BCUT2D eigenvalue weighted by Crippen LogP contribution is 2.36. The molecule has 0 bridgehead atoms. The monoisotopic (exact) mass is 358 g/mol. The summed E-state index contributed by atoms with van der Waals surface area (Å²) in [5, 5.41) is 16.0. The molecule has 0 fully saturated rings. The largest absolute Gasteiger partial charge is 0.497 e. The Morgan fingerprint density at radius 1 is 1.27 bits per heavy atom. The molecule has 3 N–H and O–H groups in total. The summed E-state index contributed by atoms with van der Waals surface area (Å²) in [6, 6.07) is 8.90. The van der Waals surface area contributed by atoms with Crippen molar-refractivity contribution in [2.45, 2.75) is 31.4 Å². The number of hydrogen-bond acceptors (Lipinski definition) is 5. The topological polar surface area (TPSA) is 101 Å². The fraction of sp³-hybridized carbons (Fsp3) is 0.368. The molecular weight excluding hydrogens is 336 g/mol. The molecule has 26 heavy (non-hydrogen) atoms. The van der Waals surface area contributed by atoms with Crippen LogP contribution in [0.15, 0.2) is 41.0 Å². The molecule has 7 heteroatoms. The van der Waals surface area contributed by atoms with Gasteiger partial charge < -0.3 is 24.9 Å². The highest BCUT2D eigenvalue weighted by Gasteiger charge is 2.35. The molecule has 1 aromatic heterocycles. The first-order valence-corrected chi connectivity index (χ1v) is 8.50. The molecule has 1 heterocycles. The lowest BCUT2D eigenvalue weighted by atomic mass is 9.79. The van der Waals surface area contributed by atoms with Crippen molar-refractivity contribution in [1.82, 2.24) is 10.6 Å². The van der Waals surface area contributed by atoms with Gasteiger partial charge >= 0.3 is 11.8 Å². The third-order valence-corrected chi connectivity index (χ3v) is 4.60. The van der Waals surface area contributed by atoms with Crippen LogP contribution in [-0.2, 0) is 28.2 Å². The zero-order valence-electron chi connectivity index (χ0n) is 14.6. The van der Waals surface area contributed by atoms with Crippen molar-refractivity contribution in [1.29, 1.82) is 0 Å². The highest BCUT2D eigenvalue weighted by atomic mass is 16.5. The Morgan fingerprint density at radius 3 is 2.81 bits per heavy atom. The number of aliphatic hydroxyl groups is 1. The van der Waals surface area contributed by atoms with Crippen LogP contribution in [0.25, 0.3) is 0 Å². The SMILES string of the molecule is COc1ccc2c(c1)CCC[C@@]2(O)CNC(=O)C(=O)NCc1ccco1. The number of furan rings is 1. The standard InChI is InChI=1S/C19H22N2O5/c1-25-14-6-7-16-13(10-14)4-2-8-19(16,24)12-21-18(23)17(22)20-11-15-5-3-9-26-15/h3,5-7,9-10,24H,2,4,8,11-12H2,1H3,(H,20,22)(H,21,23)/t19-/m1/s1. The first kappa shape index (κ1) is 18.0. The molecule has 0 unspecified atom stereocenters. The molecule has 1 aliphatic carbocycles. The van der Waals surface area contributed by atoms with Gasteiger partial charge in [0.05, 0.1) is 26.5 Å². The third kappa shape index (κ3) is 3.88. The van der Waals surface area contributed by atoms with Crippen molar-refractivity contribution < 1.29 is 23.8 Å². The van der Waals surface area contributed by atoms with E-state index in [0.29, 0.717) is 12.2 Å². The molecule has 1 aliphatic rings. The fourth-order valence-corrected chi connectivity index (χ4v) is 3.22. The van der Waals surface area contributed by atoms with Gasteiger partial charge in [0.15, 0.2) is 0 Å². The molecule has 0 radical (unpaired) electrons. The Hall–Kier alpha value is -2.80. The molecule has 0 aliphatic heterocycles. The van der Waals surface area contributed by atoms with Gasteiger partial charge in [-0.3, -0.25) is 9.59 Å². The van der Waals surface area contributed by atoms with E-state index in [1.807, 2.05) is 12.1 Å². The maximum atomic E-state index is 12.0. The number of carbonyl (C=O) groups is 2. The zero-order valence-corrected chi connectivity index (χ0v) is 14.6. The van der Waals surface area contributed by atoms with E-state index in [2.05, 4.69) is 10.6 Å². The van der Waals surface area contributed by atoms with E-state index in [0.717, 1.165) is 29.7 Å². The number of fused-ring (bicyclic) bond motifs is 1. The predicted molar refractivity (Wildman–Crippen MR) is 93.4 cm³/mol. The number of ether oxygens (including phenoxy) is 1. The Morgan fingerprint density at radius 2 is 2.08 bits per heavy atom. The van der Waals surface area contributed by atoms with Gasteiger partial charge in [-0.1, -0.05) is 6.07 Å². The molecule has 1 atom stereocenters. The Kier molecular flexibility index (Phi) is 5.27. The molecule has 0 saturated carbocycles. The quantitative estimate of drug-likeness (QED) is 0.698. The highest BCUT2D eigenvalue weighted by molar-refractivity contribution is 6.35. The second kappa shape index (κ2) is 7.61. The van der Waals surface area contributed by atoms with Gasteiger partial charge in [0.25, 0.3) is 0 Å². The van der Waals surface area contributed by atoms with E-state index in [1.54, 1.807) is 25.3 Å². The minimum absolute atomic E-state index is 0.0284. The lowest BCUT2D eigenvalue weighted by molar-refractivity contribution is -0.140. The second-order valence-electron chi connectivity index (χ2n) is 6.35. The number of nitrogens with one attached hydrogen (secondary N) is 2. The number of carbonyl (C=O) groups excluding carboxylic acids is 2. The number of amides is 2. The van der Waals surface area contributed by atoms with Crippen molar-refractivity contribution in [3.8, 4) is 5.75 Å². The molecule has 1 aromatic carbocycles. The van der Waals surface area contributed by atoms with Crippen LogP contribution < -0.4 is 15.4 Å². The first-order chi connectivity index (χ1) is 12.5.